The Hall–Kier alpha value is -2.21. The maximum atomic E-state index is 13.5. The van der Waals surface area contributed by atoms with Gasteiger partial charge in [0.1, 0.15) is 16.8 Å². The van der Waals surface area contributed by atoms with Crippen molar-refractivity contribution in [3.8, 4) is 0 Å². The number of amides is 1. The third-order valence-corrected chi connectivity index (χ3v) is 2.54. The molecule has 0 radical (unpaired) electrons. The van der Waals surface area contributed by atoms with E-state index in [0.29, 0.717) is 11.8 Å². The number of hydrogen-bond donors (Lipinski definition) is 2. The summed E-state index contributed by atoms with van der Waals surface area (Å²) >= 11 is 5.59. The van der Waals surface area contributed by atoms with Crippen molar-refractivity contribution in [1.29, 1.82) is 0 Å². The fraction of sp³-hybridized carbons (Fsp3) is 0. The Morgan fingerprint density at radius 1 is 1.26 bits per heavy atom. The van der Waals surface area contributed by atoms with Crippen molar-refractivity contribution < 1.29 is 13.6 Å². The molecule has 19 heavy (non-hydrogen) atoms. The van der Waals surface area contributed by atoms with E-state index in [0.717, 1.165) is 6.07 Å². The van der Waals surface area contributed by atoms with Crippen molar-refractivity contribution in [2.45, 2.75) is 0 Å². The van der Waals surface area contributed by atoms with Crippen LogP contribution < -0.4 is 11.1 Å². The summed E-state index contributed by atoms with van der Waals surface area (Å²) in [5.74, 6) is -2.67. The highest BCUT2D eigenvalue weighted by Gasteiger charge is 2.15. The summed E-state index contributed by atoms with van der Waals surface area (Å²) in [7, 11) is 0. The van der Waals surface area contributed by atoms with Gasteiger partial charge < -0.3 is 11.1 Å². The Bertz CT molecular complexity index is 632. The van der Waals surface area contributed by atoms with Crippen LogP contribution in [0.1, 0.15) is 10.4 Å². The van der Waals surface area contributed by atoms with Gasteiger partial charge in [-0.1, -0.05) is 11.6 Å². The molecule has 0 atom stereocenters. The predicted molar refractivity (Wildman–Crippen MR) is 68.0 cm³/mol. The third kappa shape index (κ3) is 2.97. The predicted octanol–water partition coefficient (Wildman–Crippen LogP) is 2.85. The van der Waals surface area contributed by atoms with Gasteiger partial charge in [0.25, 0.3) is 5.91 Å². The van der Waals surface area contributed by atoms with Crippen LogP contribution in [-0.4, -0.2) is 10.9 Å². The average molecular weight is 284 g/mol. The molecule has 0 aliphatic heterocycles. The van der Waals surface area contributed by atoms with Gasteiger partial charge in [-0.2, -0.15) is 0 Å². The van der Waals surface area contributed by atoms with E-state index in [1.54, 1.807) is 0 Å². The number of pyridine rings is 1. The molecule has 4 nitrogen and oxygen atoms in total. The summed E-state index contributed by atoms with van der Waals surface area (Å²) < 4.78 is 26.4. The highest BCUT2D eigenvalue weighted by Crippen LogP contribution is 2.18. The van der Waals surface area contributed by atoms with Gasteiger partial charge in [-0.15, -0.1) is 0 Å². The summed E-state index contributed by atoms with van der Waals surface area (Å²) in [6.07, 6.45) is 1.31. The minimum Gasteiger partial charge on any atom is -0.396 e. The zero-order valence-electron chi connectivity index (χ0n) is 9.45. The largest absolute Gasteiger partial charge is 0.396 e. The molecule has 2 aromatic rings. The summed E-state index contributed by atoms with van der Waals surface area (Å²) in [6.45, 7) is 0. The first-order valence-electron chi connectivity index (χ1n) is 5.15. The number of carbonyl (C=O) groups excluding carboxylic acids is 1. The molecule has 0 saturated heterocycles. The number of aromatic nitrogens is 1. The first-order valence-corrected chi connectivity index (χ1v) is 5.52. The Kier molecular flexibility index (Phi) is 3.62. The van der Waals surface area contributed by atoms with Gasteiger partial charge in [0, 0.05) is 6.07 Å². The number of carbonyl (C=O) groups is 1. The molecule has 0 unspecified atom stereocenters. The molecule has 1 heterocycles. The van der Waals surface area contributed by atoms with Crippen molar-refractivity contribution in [1.82, 2.24) is 4.98 Å². The summed E-state index contributed by atoms with van der Waals surface area (Å²) in [5, 5.41) is 2.65. The van der Waals surface area contributed by atoms with Crippen LogP contribution in [0.2, 0.25) is 5.15 Å². The molecule has 7 heteroatoms. The fourth-order valence-electron chi connectivity index (χ4n) is 1.39. The Labute approximate surface area is 112 Å². The van der Waals surface area contributed by atoms with Crippen LogP contribution in [0.4, 0.5) is 20.2 Å². The monoisotopic (exact) mass is 283 g/mol. The minimum atomic E-state index is -0.994. The molecule has 2 rings (SSSR count). The molecule has 1 amide bonds. The van der Waals surface area contributed by atoms with Gasteiger partial charge in [0.15, 0.2) is 0 Å². The molecule has 0 saturated carbocycles. The number of nitrogen functional groups attached to an aromatic ring is 1. The summed E-state index contributed by atoms with van der Waals surface area (Å²) in [5.41, 5.74) is 4.96. The second kappa shape index (κ2) is 5.19. The van der Waals surface area contributed by atoms with Gasteiger partial charge in [-0.05, 0) is 18.2 Å². The number of nitrogens with zero attached hydrogens (tertiary/aromatic N) is 1. The van der Waals surface area contributed by atoms with Crippen molar-refractivity contribution in [3.63, 3.8) is 0 Å². The number of nitrogens with one attached hydrogen (secondary N) is 1. The van der Waals surface area contributed by atoms with E-state index < -0.39 is 17.5 Å². The van der Waals surface area contributed by atoms with Crippen LogP contribution in [0.3, 0.4) is 0 Å². The van der Waals surface area contributed by atoms with E-state index in [1.807, 2.05) is 0 Å². The molecular weight excluding hydrogens is 276 g/mol. The normalized spacial score (nSPS) is 10.3. The van der Waals surface area contributed by atoms with Gasteiger partial charge in [-0.3, -0.25) is 4.79 Å². The Balaban J connectivity index is 2.25. The van der Waals surface area contributed by atoms with E-state index >= 15 is 0 Å². The third-order valence-electron chi connectivity index (χ3n) is 2.32. The van der Waals surface area contributed by atoms with E-state index in [4.69, 9.17) is 17.3 Å². The number of nitrogens with two attached hydrogens (primary N) is 1. The maximum absolute atomic E-state index is 13.5. The topological polar surface area (TPSA) is 68.0 Å². The Morgan fingerprint density at radius 3 is 2.63 bits per heavy atom. The molecular formula is C12H8ClF2N3O. The fourth-order valence-corrected chi connectivity index (χ4v) is 1.50. The molecule has 1 aromatic heterocycles. The first-order chi connectivity index (χ1) is 8.97. The lowest BCUT2D eigenvalue weighted by Crippen LogP contribution is -2.14. The van der Waals surface area contributed by atoms with Crippen LogP contribution in [0.5, 0.6) is 0 Å². The number of anilines is 2. The molecule has 98 valence electrons. The smallest absolute Gasteiger partial charge is 0.258 e. The number of rotatable bonds is 2. The lowest BCUT2D eigenvalue weighted by atomic mass is 10.1. The van der Waals surface area contributed by atoms with Crippen LogP contribution in [0.15, 0.2) is 30.5 Å². The average Bonchev–Trinajstić information content (AvgIpc) is 2.36. The van der Waals surface area contributed by atoms with Gasteiger partial charge >= 0.3 is 0 Å². The Morgan fingerprint density at radius 2 is 2.00 bits per heavy atom. The van der Waals surface area contributed by atoms with Crippen LogP contribution >= 0.6 is 11.6 Å². The highest BCUT2D eigenvalue weighted by atomic mass is 35.5. The molecule has 0 bridgehead atoms. The number of hydrogen-bond acceptors (Lipinski definition) is 3. The van der Waals surface area contributed by atoms with Crippen LogP contribution in [-0.2, 0) is 0 Å². The molecule has 3 N–H and O–H groups in total. The van der Waals surface area contributed by atoms with Crippen LogP contribution in [0, 0.1) is 11.6 Å². The van der Waals surface area contributed by atoms with Crippen molar-refractivity contribution in [2.75, 3.05) is 11.1 Å². The van der Waals surface area contributed by atoms with Crippen molar-refractivity contribution in [2.24, 2.45) is 0 Å². The van der Waals surface area contributed by atoms with Crippen molar-refractivity contribution >= 4 is 28.9 Å². The molecule has 0 fully saturated rings. The van der Waals surface area contributed by atoms with E-state index in [-0.39, 0.29) is 16.4 Å². The molecule has 0 aliphatic carbocycles. The SMILES string of the molecule is Nc1cc(C(=O)Nc2ccc(Cl)nc2)c(F)cc1F. The maximum Gasteiger partial charge on any atom is 0.258 e. The van der Waals surface area contributed by atoms with Crippen molar-refractivity contribution in [3.05, 3.63) is 52.8 Å². The van der Waals surface area contributed by atoms with E-state index in [9.17, 15) is 13.6 Å². The summed E-state index contributed by atoms with van der Waals surface area (Å²) in [4.78, 5) is 15.5. The molecule has 0 aliphatic rings. The van der Waals surface area contributed by atoms with Gasteiger partial charge in [-0.25, -0.2) is 13.8 Å². The first kappa shape index (κ1) is 13.2. The zero-order chi connectivity index (χ0) is 14.0. The molecule has 0 spiro atoms. The second-order valence-corrected chi connectivity index (χ2v) is 4.06. The lowest BCUT2D eigenvalue weighted by Gasteiger charge is -2.07. The quantitative estimate of drug-likeness (QED) is 0.658. The highest BCUT2D eigenvalue weighted by molar-refractivity contribution is 6.29. The summed E-state index contributed by atoms with van der Waals surface area (Å²) in [6, 6.07) is 4.46. The lowest BCUT2D eigenvalue weighted by molar-refractivity contribution is 0.102. The number of benzene rings is 1. The zero-order valence-corrected chi connectivity index (χ0v) is 10.2. The van der Waals surface area contributed by atoms with Gasteiger partial charge in [0.2, 0.25) is 0 Å². The number of halogens is 3. The minimum absolute atomic E-state index is 0.259. The second-order valence-electron chi connectivity index (χ2n) is 3.68. The van der Waals surface area contributed by atoms with E-state index in [1.165, 1.54) is 18.3 Å². The van der Waals surface area contributed by atoms with Gasteiger partial charge in [0.05, 0.1) is 23.1 Å². The van der Waals surface area contributed by atoms with Crippen LogP contribution in [0.25, 0.3) is 0 Å². The molecule has 1 aromatic carbocycles. The standard InChI is InChI=1S/C12H8ClF2N3O/c13-11-2-1-6(5-17-11)18-12(19)7-3-10(16)9(15)4-8(7)14/h1-5H,16H2,(H,18,19). The van der Waals surface area contributed by atoms with E-state index in [2.05, 4.69) is 10.3 Å².